The van der Waals surface area contributed by atoms with Crippen LogP contribution in [0.5, 0.6) is 11.5 Å². The maximum atomic E-state index is 12.5. The largest absolute Gasteiger partial charge is 0.493 e. The predicted molar refractivity (Wildman–Crippen MR) is 119 cm³/mol. The van der Waals surface area contributed by atoms with Crippen LogP contribution in [0, 0.1) is 6.92 Å². The lowest BCUT2D eigenvalue weighted by Gasteiger charge is -2.30. The van der Waals surface area contributed by atoms with Gasteiger partial charge in [-0.3, -0.25) is 0 Å². The zero-order valence-electron chi connectivity index (χ0n) is 17.6. The Morgan fingerprint density at radius 3 is 2.50 bits per heavy atom. The predicted octanol–water partition coefficient (Wildman–Crippen LogP) is 3.94. The van der Waals surface area contributed by atoms with Gasteiger partial charge in [-0.05, 0) is 56.2 Å². The highest BCUT2D eigenvalue weighted by Crippen LogP contribution is 2.35. The molecule has 0 aliphatic carbocycles. The Bertz CT molecular complexity index is 970. The monoisotopic (exact) mass is 426 g/mol. The van der Waals surface area contributed by atoms with Gasteiger partial charge in [0.05, 0.1) is 25.3 Å². The van der Waals surface area contributed by atoms with Crippen LogP contribution in [-0.4, -0.2) is 24.8 Å². The number of rotatable bonds is 7. The topological polar surface area (TPSA) is 68.8 Å². The summed E-state index contributed by atoms with van der Waals surface area (Å²) in [6, 6.07) is 13.3. The van der Waals surface area contributed by atoms with Gasteiger partial charge in [0.25, 0.3) is 0 Å². The van der Waals surface area contributed by atoms with Crippen LogP contribution >= 0.6 is 12.2 Å². The Kier molecular flexibility index (Phi) is 6.95. The molecule has 0 bridgehead atoms. The van der Waals surface area contributed by atoms with Crippen LogP contribution in [0.2, 0.25) is 0 Å². The van der Waals surface area contributed by atoms with E-state index in [1.54, 1.807) is 14.0 Å². The lowest BCUT2D eigenvalue weighted by molar-refractivity contribution is -0.139. The number of esters is 1. The van der Waals surface area contributed by atoms with Crippen LogP contribution in [0.25, 0.3) is 0 Å². The number of allylic oxidation sites excluding steroid dienone is 1. The number of ether oxygens (including phenoxy) is 3. The highest BCUT2D eigenvalue weighted by molar-refractivity contribution is 7.80. The Morgan fingerprint density at radius 2 is 1.83 bits per heavy atom. The van der Waals surface area contributed by atoms with Crippen molar-refractivity contribution < 1.29 is 19.0 Å². The Hall–Kier alpha value is -3.06. The summed E-state index contributed by atoms with van der Waals surface area (Å²) >= 11 is 5.29. The molecular formula is C23H26N2O4S. The Balaban J connectivity index is 1.86. The van der Waals surface area contributed by atoms with Gasteiger partial charge in [0.2, 0.25) is 0 Å². The number of benzene rings is 2. The molecule has 0 saturated carbocycles. The molecule has 1 heterocycles. The van der Waals surface area contributed by atoms with E-state index in [2.05, 4.69) is 22.8 Å². The van der Waals surface area contributed by atoms with Crippen molar-refractivity contribution in [3.05, 3.63) is 70.4 Å². The van der Waals surface area contributed by atoms with Crippen molar-refractivity contribution in [3.8, 4) is 11.5 Å². The highest BCUT2D eigenvalue weighted by atomic mass is 32.1. The number of hydrogen-bond donors (Lipinski definition) is 2. The first kappa shape index (κ1) is 21.6. The number of thiocarbonyl (C=S) groups is 1. The molecule has 0 spiro atoms. The zero-order valence-corrected chi connectivity index (χ0v) is 18.4. The van der Waals surface area contributed by atoms with Crippen molar-refractivity contribution in [2.24, 2.45) is 0 Å². The molecule has 1 atom stereocenters. The fourth-order valence-electron chi connectivity index (χ4n) is 3.25. The van der Waals surface area contributed by atoms with E-state index in [9.17, 15) is 4.79 Å². The maximum absolute atomic E-state index is 12.5. The molecule has 0 aromatic heterocycles. The molecule has 30 heavy (non-hydrogen) atoms. The third-order valence-corrected chi connectivity index (χ3v) is 5.02. The molecule has 2 aromatic rings. The van der Waals surface area contributed by atoms with E-state index in [-0.39, 0.29) is 5.97 Å². The first-order valence-corrected chi connectivity index (χ1v) is 10.2. The van der Waals surface area contributed by atoms with Gasteiger partial charge in [-0.15, -0.1) is 0 Å². The molecule has 6 nitrogen and oxygen atoms in total. The van der Waals surface area contributed by atoms with Crippen molar-refractivity contribution >= 4 is 23.3 Å². The summed E-state index contributed by atoms with van der Waals surface area (Å²) in [6.07, 6.45) is 0. The summed E-state index contributed by atoms with van der Waals surface area (Å²) in [7, 11) is 1.59. The van der Waals surface area contributed by atoms with Gasteiger partial charge in [0.15, 0.2) is 16.6 Å². The van der Waals surface area contributed by atoms with Crippen LogP contribution in [0.3, 0.4) is 0 Å². The van der Waals surface area contributed by atoms with Gasteiger partial charge < -0.3 is 24.8 Å². The minimum Gasteiger partial charge on any atom is -0.493 e. The van der Waals surface area contributed by atoms with E-state index in [4.69, 9.17) is 26.4 Å². The first-order valence-electron chi connectivity index (χ1n) is 9.74. The lowest BCUT2D eigenvalue weighted by atomic mass is 9.95. The van der Waals surface area contributed by atoms with E-state index >= 15 is 0 Å². The van der Waals surface area contributed by atoms with E-state index in [0.717, 1.165) is 11.1 Å². The fourth-order valence-corrected chi connectivity index (χ4v) is 3.52. The highest BCUT2D eigenvalue weighted by Gasteiger charge is 2.31. The molecule has 158 valence electrons. The molecule has 0 amide bonds. The summed E-state index contributed by atoms with van der Waals surface area (Å²) in [6.45, 7) is 6.36. The van der Waals surface area contributed by atoms with Crippen molar-refractivity contribution in [1.82, 2.24) is 10.6 Å². The van der Waals surface area contributed by atoms with Gasteiger partial charge in [0.1, 0.15) is 6.61 Å². The number of aryl methyl sites for hydroxylation is 1. The molecule has 7 heteroatoms. The minimum absolute atomic E-state index is 0.294. The fraction of sp³-hybridized carbons (Fsp3) is 0.304. The number of methoxy groups -OCH3 is 1. The molecule has 3 rings (SSSR count). The van der Waals surface area contributed by atoms with Crippen molar-refractivity contribution in [1.29, 1.82) is 0 Å². The van der Waals surface area contributed by atoms with Crippen molar-refractivity contribution in [3.63, 3.8) is 0 Å². The number of hydrogen-bond acceptors (Lipinski definition) is 5. The average Bonchev–Trinajstić information content (AvgIpc) is 2.72. The van der Waals surface area contributed by atoms with E-state index in [0.29, 0.717) is 41.1 Å². The SMILES string of the molecule is CCOC(=O)C1=C(C)NC(=S)N[C@@H]1c1ccc(OCc2ccc(C)cc2)c(OC)c1. The lowest BCUT2D eigenvalue weighted by Crippen LogP contribution is -2.45. The van der Waals surface area contributed by atoms with Crippen LogP contribution in [0.4, 0.5) is 0 Å². The smallest absolute Gasteiger partial charge is 0.338 e. The van der Waals surface area contributed by atoms with Crippen LogP contribution in [0.15, 0.2) is 53.7 Å². The summed E-state index contributed by atoms with van der Waals surface area (Å²) in [5.74, 6) is 0.810. The summed E-state index contributed by atoms with van der Waals surface area (Å²) in [5.41, 5.74) is 4.25. The average molecular weight is 427 g/mol. The molecule has 2 aromatic carbocycles. The molecule has 0 saturated heterocycles. The van der Waals surface area contributed by atoms with Crippen molar-refractivity contribution in [2.75, 3.05) is 13.7 Å². The third kappa shape index (κ3) is 4.91. The van der Waals surface area contributed by atoms with Gasteiger partial charge in [0, 0.05) is 5.70 Å². The van der Waals surface area contributed by atoms with Crippen LogP contribution in [0.1, 0.15) is 36.6 Å². The van der Waals surface area contributed by atoms with E-state index in [1.165, 1.54) is 5.56 Å². The number of carbonyl (C=O) groups excluding carboxylic acids is 1. The van der Waals surface area contributed by atoms with E-state index in [1.807, 2.05) is 44.2 Å². The van der Waals surface area contributed by atoms with Crippen LogP contribution in [-0.2, 0) is 16.1 Å². The Labute approximate surface area is 182 Å². The molecule has 0 unspecified atom stereocenters. The normalized spacial score (nSPS) is 15.9. The third-order valence-electron chi connectivity index (χ3n) is 4.80. The quantitative estimate of drug-likeness (QED) is 0.513. The molecule has 2 N–H and O–H groups in total. The molecule has 0 fully saturated rings. The maximum Gasteiger partial charge on any atom is 0.338 e. The van der Waals surface area contributed by atoms with Gasteiger partial charge in [-0.25, -0.2) is 4.79 Å². The second-order valence-corrected chi connectivity index (χ2v) is 7.38. The van der Waals surface area contributed by atoms with Crippen molar-refractivity contribution in [2.45, 2.75) is 33.4 Å². The first-order chi connectivity index (χ1) is 14.4. The van der Waals surface area contributed by atoms with Crippen LogP contribution < -0.4 is 20.1 Å². The second kappa shape index (κ2) is 9.63. The zero-order chi connectivity index (χ0) is 21.7. The number of carbonyl (C=O) groups is 1. The van der Waals surface area contributed by atoms with Gasteiger partial charge in [-0.1, -0.05) is 35.9 Å². The van der Waals surface area contributed by atoms with Gasteiger partial charge >= 0.3 is 5.97 Å². The summed E-state index contributed by atoms with van der Waals surface area (Å²) < 4.78 is 16.8. The van der Waals surface area contributed by atoms with Gasteiger partial charge in [-0.2, -0.15) is 0 Å². The minimum atomic E-state index is -0.446. The summed E-state index contributed by atoms with van der Waals surface area (Å²) in [4.78, 5) is 12.5. The standard InChI is InChI=1S/C23H26N2O4S/c1-5-28-22(26)20-15(3)24-23(30)25-21(20)17-10-11-18(19(12-17)27-4)29-13-16-8-6-14(2)7-9-16/h6-12,21H,5,13H2,1-4H3,(H2,24,25,30)/t21-/m1/s1. The summed E-state index contributed by atoms with van der Waals surface area (Å²) in [5, 5.41) is 6.59. The Morgan fingerprint density at radius 1 is 1.10 bits per heavy atom. The molecular weight excluding hydrogens is 400 g/mol. The molecule has 1 aliphatic rings. The molecule has 0 radical (unpaired) electrons. The molecule has 1 aliphatic heterocycles. The van der Waals surface area contributed by atoms with E-state index < -0.39 is 6.04 Å². The second-order valence-electron chi connectivity index (χ2n) is 6.98. The number of nitrogens with one attached hydrogen (secondary N) is 2.